The molecule has 12 heteroatoms. The summed E-state index contributed by atoms with van der Waals surface area (Å²) in [4.78, 5) is 0.159. The van der Waals surface area contributed by atoms with Crippen LogP contribution in [0.2, 0.25) is 0 Å². The van der Waals surface area contributed by atoms with Crippen molar-refractivity contribution in [2.24, 2.45) is 11.8 Å². The number of nitrogens with one attached hydrogen (secondary N) is 1. The van der Waals surface area contributed by atoms with Crippen molar-refractivity contribution in [3.8, 4) is 9.85 Å². The van der Waals surface area contributed by atoms with Crippen LogP contribution in [-0.4, -0.2) is 28.9 Å². The first-order valence-electron chi connectivity index (χ1n) is 11.1. The Hall–Kier alpha value is -1.66. The zero-order valence-corrected chi connectivity index (χ0v) is 23.8. The molecule has 0 heterocycles. The Kier molecular flexibility index (Phi) is 11.2. The Labute approximate surface area is 219 Å². The second-order valence-electron chi connectivity index (χ2n) is 8.09. The van der Waals surface area contributed by atoms with E-state index in [0.717, 1.165) is 12.0 Å². The SMILES string of the molecule is CCC(C)C(C#CI(OS(=O)(=O)C(F)(F)F)c1ccccc1)CCCNS(=O)(=O)c1ccc(C)cc1. The van der Waals surface area contributed by atoms with E-state index in [1.165, 1.54) is 24.3 Å². The van der Waals surface area contributed by atoms with Crippen LogP contribution in [0, 0.1) is 32.2 Å². The number of halogens is 4. The zero-order chi connectivity index (χ0) is 27.0. The van der Waals surface area contributed by atoms with Crippen LogP contribution in [0.4, 0.5) is 13.2 Å². The Morgan fingerprint density at radius 1 is 1.03 bits per heavy atom. The second-order valence-corrected chi connectivity index (χ2v) is 15.6. The number of benzene rings is 2. The molecule has 2 atom stereocenters. The van der Waals surface area contributed by atoms with Gasteiger partial charge in [-0.15, -0.1) is 0 Å². The van der Waals surface area contributed by atoms with Gasteiger partial charge in [0.15, 0.2) is 0 Å². The van der Waals surface area contributed by atoms with Crippen molar-refractivity contribution in [1.29, 1.82) is 0 Å². The predicted octanol–water partition coefficient (Wildman–Crippen LogP) is 5.83. The van der Waals surface area contributed by atoms with Gasteiger partial charge < -0.3 is 0 Å². The Morgan fingerprint density at radius 2 is 1.64 bits per heavy atom. The van der Waals surface area contributed by atoms with Crippen LogP contribution in [-0.2, 0) is 22.7 Å². The third kappa shape index (κ3) is 9.02. The van der Waals surface area contributed by atoms with Crippen LogP contribution < -0.4 is 4.72 Å². The fourth-order valence-corrected chi connectivity index (χ4v) is 9.39. The van der Waals surface area contributed by atoms with Gasteiger partial charge in [0.2, 0.25) is 0 Å². The molecule has 1 N–H and O–H groups in total. The molecule has 2 unspecified atom stereocenters. The van der Waals surface area contributed by atoms with E-state index in [1.807, 2.05) is 20.8 Å². The van der Waals surface area contributed by atoms with E-state index in [4.69, 9.17) is 0 Å². The van der Waals surface area contributed by atoms with E-state index in [-0.39, 0.29) is 23.3 Å². The molecule has 0 aliphatic heterocycles. The Bertz CT molecular complexity index is 1260. The van der Waals surface area contributed by atoms with Crippen LogP contribution in [0.3, 0.4) is 0 Å². The summed E-state index contributed by atoms with van der Waals surface area (Å²) in [5.74, 6) is 2.74. The molecule has 2 aromatic carbocycles. The van der Waals surface area contributed by atoms with Gasteiger partial charge in [-0.1, -0.05) is 0 Å². The van der Waals surface area contributed by atoms with Gasteiger partial charge in [-0.3, -0.25) is 0 Å². The van der Waals surface area contributed by atoms with Crippen LogP contribution in [0.5, 0.6) is 0 Å². The van der Waals surface area contributed by atoms with Crippen molar-refractivity contribution in [3.63, 3.8) is 0 Å². The standard InChI is InChI=1S/C24H29F3INO5S2/c1-4-20(3)21(9-8-18-29-35(30,31)23-14-12-19(2)13-15-23)16-17-28(22-10-6-5-7-11-22)34-36(32,33)24(25,26)27/h5-7,10-15,20-21,29H,4,8-9,18H2,1-3H3. The number of rotatable bonds is 11. The molecule has 2 rings (SSSR count). The molecular weight excluding hydrogens is 630 g/mol. The van der Waals surface area contributed by atoms with E-state index in [9.17, 15) is 30.0 Å². The molecule has 6 nitrogen and oxygen atoms in total. The molecule has 0 amide bonds. The summed E-state index contributed by atoms with van der Waals surface area (Å²) in [6.45, 7) is 5.89. The molecule has 0 fully saturated rings. The average Bonchev–Trinajstić information content (AvgIpc) is 2.82. The molecule has 0 spiro atoms. The van der Waals surface area contributed by atoms with Gasteiger partial charge in [0, 0.05) is 0 Å². The van der Waals surface area contributed by atoms with Crippen molar-refractivity contribution in [2.45, 2.75) is 50.4 Å². The number of hydrogen-bond donors (Lipinski definition) is 1. The van der Waals surface area contributed by atoms with Crippen molar-refractivity contribution in [2.75, 3.05) is 6.54 Å². The minimum absolute atomic E-state index is 0.0546. The van der Waals surface area contributed by atoms with Crippen molar-refractivity contribution >= 4 is 40.4 Å². The van der Waals surface area contributed by atoms with Crippen LogP contribution in [0.15, 0.2) is 59.5 Å². The van der Waals surface area contributed by atoms with Gasteiger partial charge in [-0.25, -0.2) is 0 Å². The Morgan fingerprint density at radius 3 is 2.19 bits per heavy atom. The first kappa shape index (κ1) is 30.6. The van der Waals surface area contributed by atoms with Gasteiger partial charge in [0.05, 0.1) is 0 Å². The molecule has 0 saturated carbocycles. The first-order valence-corrected chi connectivity index (χ1v) is 17.0. The first-order chi connectivity index (χ1) is 16.8. The van der Waals surface area contributed by atoms with Crippen LogP contribution in [0.1, 0.15) is 38.7 Å². The Balaban J connectivity index is 2.15. The molecule has 0 saturated heterocycles. The summed E-state index contributed by atoms with van der Waals surface area (Å²) < 4.78 is 97.3. The van der Waals surface area contributed by atoms with Crippen molar-refractivity contribution in [3.05, 3.63) is 63.7 Å². The van der Waals surface area contributed by atoms with E-state index in [1.54, 1.807) is 30.3 Å². The summed E-state index contributed by atoms with van der Waals surface area (Å²) in [6.07, 6.45) is 1.65. The summed E-state index contributed by atoms with van der Waals surface area (Å²) in [5, 5.41) is 0. The zero-order valence-electron chi connectivity index (χ0n) is 20.0. The maximum absolute atomic E-state index is 12.9. The fourth-order valence-electron chi connectivity index (χ4n) is 2.99. The van der Waals surface area contributed by atoms with Gasteiger partial charge in [0.25, 0.3) is 0 Å². The molecule has 0 radical (unpaired) electrons. The van der Waals surface area contributed by atoms with Gasteiger partial charge in [-0.2, -0.15) is 0 Å². The van der Waals surface area contributed by atoms with E-state index < -0.39 is 45.9 Å². The van der Waals surface area contributed by atoms with Crippen molar-refractivity contribution in [1.82, 2.24) is 4.72 Å². The van der Waals surface area contributed by atoms with Gasteiger partial charge in [-0.05, 0) is 6.92 Å². The minimum atomic E-state index is -5.79. The molecule has 0 bridgehead atoms. The van der Waals surface area contributed by atoms with Gasteiger partial charge in [0.1, 0.15) is 0 Å². The van der Waals surface area contributed by atoms with Crippen LogP contribution in [0.25, 0.3) is 0 Å². The number of aryl methyl sites for hydroxylation is 1. The monoisotopic (exact) mass is 659 g/mol. The number of alkyl halides is 3. The molecule has 0 aliphatic carbocycles. The van der Waals surface area contributed by atoms with Crippen LogP contribution >= 0.6 is 20.2 Å². The summed E-state index contributed by atoms with van der Waals surface area (Å²) >= 11 is -3.54. The van der Waals surface area contributed by atoms with E-state index in [0.29, 0.717) is 16.4 Å². The van der Waals surface area contributed by atoms with E-state index >= 15 is 0 Å². The number of sulfonamides is 1. The number of hydrogen-bond acceptors (Lipinski definition) is 5. The molecule has 0 aliphatic rings. The molecular formula is C24H29F3INO5S2. The van der Waals surface area contributed by atoms with Crippen molar-refractivity contribution < 1.29 is 32.5 Å². The van der Waals surface area contributed by atoms with E-state index in [2.05, 4.69) is 17.1 Å². The molecule has 0 aromatic heterocycles. The predicted molar refractivity (Wildman–Crippen MR) is 142 cm³/mol. The second kappa shape index (κ2) is 13.2. The molecule has 2 aromatic rings. The summed E-state index contributed by atoms with van der Waals surface area (Å²) in [6, 6.07) is 14.3. The summed E-state index contributed by atoms with van der Waals surface area (Å²) in [7, 11) is -9.46. The quantitative estimate of drug-likeness (QED) is 0.142. The average molecular weight is 660 g/mol. The topological polar surface area (TPSA) is 89.5 Å². The fraction of sp³-hybridized carbons (Fsp3) is 0.417. The van der Waals surface area contributed by atoms with Gasteiger partial charge >= 0.3 is 213 Å². The summed E-state index contributed by atoms with van der Waals surface area (Å²) in [5.41, 5.74) is -4.60. The maximum atomic E-state index is 12.9. The normalized spacial score (nSPS) is 14.4. The molecule has 200 valence electrons. The third-order valence-corrected chi connectivity index (χ3v) is 12.8. The third-order valence-electron chi connectivity index (χ3n) is 5.33. The molecule has 36 heavy (non-hydrogen) atoms.